The molecule has 0 amide bonds. The van der Waals surface area contributed by atoms with Crippen LogP contribution in [0.15, 0.2) is 29.3 Å². The Balaban J connectivity index is 1.60. The Bertz CT molecular complexity index is 450. The van der Waals surface area contributed by atoms with Gasteiger partial charge in [-0.05, 0) is 49.8 Å². The smallest absolute Gasteiger partial charge is 0.196 e. The fourth-order valence-corrected chi connectivity index (χ4v) is 2.96. The number of guanidine groups is 1. The Hall–Kier alpha value is -1.51. The highest BCUT2D eigenvalue weighted by Crippen LogP contribution is 2.25. The lowest BCUT2D eigenvalue weighted by Crippen LogP contribution is -2.41. The summed E-state index contributed by atoms with van der Waals surface area (Å²) in [5, 5.41) is 6.88. The summed E-state index contributed by atoms with van der Waals surface area (Å²) in [7, 11) is 0. The van der Waals surface area contributed by atoms with Crippen molar-refractivity contribution in [2.24, 2.45) is 4.99 Å². The molecule has 1 aromatic rings. The molecule has 2 N–H and O–H groups in total. The van der Waals surface area contributed by atoms with Crippen LogP contribution in [0.3, 0.4) is 0 Å². The monoisotopic (exact) mass is 257 g/mol. The number of fused-ring (bicyclic) bond motifs is 2. The number of aliphatic imine (C=N–C) groups is 1. The van der Waals surface area contributed by atoms with Crippen LogP contribution in [0.1, 0.15) is 44.6 Å². The summed E-state index contributed by atoms with van der Waals surface area (Å²) >= 11 is 0. The second-order valence-electron chi connectivity index (χ2n) is 5.71. The van der Waals surface area contributed by atoms with Crippen LogP contribution in [0.25, 0.3) is 0 Å². The topological polar surface area (TPSA) is 36.4 Å². The van der Waals surface area contributed by atoms with Gasteiger partial charge >= 0.3 is 0 Å². The molecule has 3 rings (SSSR count). The SMILES string of the molecule is CCCCc1ccc(NC2=NC3CCC(C3)N2)cc1. The van der Waals surface area contributed by atoms with Gasteiger partial charge in [-0.1, -0.05) is 25.5 Å². The van der Waals surface area contributed by atoms with E-state index in [4.69, 9.17) is 4.99 Å². The summed E-state index contributed by atoms with van der Waals surface area (Å²) in [5.41, 5.74) is 2.55. The molecule has 1 aliphatic heterocycles. The predicted molar refractivity (Wildman–Crippen MR) is 80.7 cm³/mol. The lowest BCUT2D eigenvalue weighted by molar-refractivity contribution is 0.582. The van der Waals surface area contributed by atoms with E-state index < -0.39 is 0 Å². The van der Waals surface area contributed by atoms with Crippen LogP contribution in [-0.2, 0) is 6.42 Å². The third-order valence-electron chi connectivity index (χ3n) is 4.09. The molecule has 3 nitrogen and oxygen atoms in total. The quantitative estimate of drug-likeness (QED) is 0.868. The van der Waals surface area contributed by atoms with Crippen molar-refractivity contribution in [3.05, 3.63) is 29.8 Å². The van der Waals surface area contributed by atoms with Crippen molar-refractivity contribution in [3.63, 3.8) is 0 Å². The van der Waals surface area contributed by atoms with E-state index in [1.54, 1.807) is 0 Å². The van der Waals surface area contributed by atoms with Gasteiger partial charge in [0.05, 0.1) is 6.04 Å². The van der Waals surface area contributed by atoms with Crippen LogP contribution in [0.4, 0.5) is 5.69 Å². The van der Waals surface area contributed by atoms with Crippen molar-refractivity contribution in [1.82, 2.24) is 5.32 Å². The minimum absolute atomic E-state index is 0.539. The van der Waals surface area contributed by atoms with Crippen LogP contribution in [0.2, 0.25) is 0 Å². The number of nitrogens with zero attached hydrogens (tertiary/aromatic N) is 1. The predicted octanol–water partition coefficient (Wildman–Crippen LogP) is 3.32. The molecule has 2 unspecified atom stereocenters. The molecule has 2 bridgehead atoms. The van der Waals surface area contributed by atoms with Gasteiger partial charge in [0.2, 0.25) is 0 Å². The van der Waals surface area contributed by atoms with Gasteiger partial charge < -0.3 is 10.6 Å². The molecule has 2 atom stereocenters. The molecular weight excluding hydrogens is 234 g/mol. The third kappa shape index (κ3) is 3.09. The van der Waals surface area contributed by atoms with Gasteiger partial charge in [-0.2, -0.15) is 0 Å². The molecule has 1 aliphatic carbocycles. The number of nitrogens with one attached hydrogen (secondary N) is 2. The first-order valence-electron chi connectivity index (χ1n) is 7.54. The first kappa shape index (κ1) is 12.5. The lowest BCUT2D eigenvalue weighted by atomic mass is 10.1. The number of hydrogen-bond donors (Lipinski definition) is 2. The number of hydrogen-bond acceptors (Lipinski definition) is 3. The number of rotatable bonds is 4. The average molecular weight is 257 g/mol. The van der Waals surface area contributed by atoms with E-state index in [2.05, 4.69) is 41.8 Å². The van der Waals surface area contributed by atoms with Crippen LogP contribution in [-0.4, -0.2) is 18.0 Å². The Morgan fingerprint density at radius 3 is 2.84 bits per heavy atom. The first-order chi connectivity index (χ1) is 9.33. The van der Waals surface area contributed by atoms with Gasteiger partial charge in [0.1, 0.15) is 0 Å². The van der Waals surface area contributed by atoms with Crippen molar-refractivity contribution in [2.75, 3.05) is 5.32 Å². The first-order valence-corrected chi connectivity index (χ1v) is 7.54. The largest absolute Gasteiger partial charge is 0.353 e. The normalized spacial score (nSPS) is 24.8. The van der Waals surface area contributed by atoms with Crippen molar-refractivity contribution in [1.29, 1.82) is 0 Å². The molecule has 1 aromatic carbocycles. The molecule has 0 aromatic heterocycles. The van der Waals surface area contributed by atoms with E-state index in [-0.39, 0.29) is 0 Å². The molecule has 3 heteroatoms. The van der Waals surface area contributed by atoms with Crippen LogP contribution in [0.5, 0.6) is 0 Å². The Morgan fingerprint density at radius 2 is 2.11 bits per heavy atom. The zero-order valence-electron chi connectivity index (χ0n) is 11.7. The number of aryl methyl sites for hydroxylation is 1. The van der Waals surface area contributed by atoms with Gasteiger partial charge in [0, 0.05) is 11.7 Å². The van der Waals surface area contributed by atoms with Crippen molar-refractivity contribution < 1.29 is 0 Å². The number of benzene rings is 1. The molecule has 102 valence electrons. The Kier molecular flexibility index (Phi) is 3.72. The molecule has 1 fully saturated rings. The maximum atomic E-state index is 4.70. The number of unbranched alkanes of at least 4 members (excludes halogenated alkanes) is 1. The zero-order valence-corrected chi connectivity index (χ0v) is 11.7. The van der Waals surface area contributed by atoms with Crippen molar-refractivity contribution >= 4 is 11.6 Å². The highest BCUT2D eigenvalue weighted by Gasteiger charge is 2.29. The van der Waals surface area contributed by atoms with Gasteiger partial charge in [-0.15, -0.1) is 0 Å². The van der Waals surface area contributed by atoms with Crippen molar-refractivity contribution in [2.45, 2.75) is 57.5 Å². The lowest BCUT2D eigenvalue weighted by Gasteiger charge is -2.22. The summed E-state index contributed by atoms with van der Waals surface area (Å²) in [6, 6.07) is 9.93. The number of anilines is 1. The fourth-order valence-electron chi connectivity index (χ4n) is 2.96. The highest BCUT2D eigenvalue weighted by molar-refractivity contribution is 5.94. The summed E-state index contributed by atoms with van der Waals surface area (Å²) < 4.78 is 0. The van der Waals surface area contributed by atoms with Crippen LogP contribution >= 0.6 is 0 Å². The molecule has 2 aliphatic rings. The van der Waals surface area contributed by atoms with Crippen LogP contribution < -0.4 is 10.6 Å². The highest BCUT2D eigenvalue weighted by atomic mass is 15.2. The standard InChI is InChI=1S/C16H23N3/c1-2-3-4-12-5-7-13(8-6-12)17-16-18-14-9-10-15(11-14)19-16/h5-8,14-15H,2-4,9-11H2,1H3,(H2,17,18,19). The average Bonchev–Trinajstić information content (AvgIpc) is 2.77. The molecule has 0 saturated heterocycles. The van der Waals surface area contributed by atoms with Crippen molar-refractivity contribution in [3.8, 4) is 0 Å². The van der Waals surface area contributed by atoms with Gasteiger partial charge in [0.15, 0.2) is 5.96 Å². The summed E-state index contributed by atoms with van der Waals surface area (Å²) in [6.07, 6.45) is 7.41. The Labute approximate surface area is 115 Å². The molecule has 1 heterocycles. The molecule has 1 saturated carbocycles. The summed E-state index contributed by atoms with van der Waals surface area (Å²) in [4.78, 5) is 4.70. The zero-order chi connectivity index (χ0) is 13.1. The minimum Gasteiger partial charge on any atom is -0.353 e. The minimum atomic E-state index is 0.539. The van der Waals surface area contributed by atoms with Gasteiger partial charge in [-0.25, -0.2) is 4.99 Å². The van der Waals surface area contributed by atoms with Gasteiger partial charge in [-0.3, -0.25) is 0 Å². The molecular formula is C16H23N3. The van der Waals surface area contributed by atoms with Gasteiger partial charge in [0.25, 0.3) is 0 Å². The summed E-state index contributed by atoms with van der Waals surface area (Å²) in [5.74, 6) is 0.958. The van der Waals surface area contributed by atoms with E-state index in [1.165, 1.54) is 44.1 Å². The van der Waals surface area contributed by atoms with E-state index in [0.29, 0.717) is 12.1 Å². The van der Waals surface area contributed by atoms with E-state index >= 15 is 0 Å². The Morgan fingerprint density at radius 1 is 1.26 bits per heavy atom. The molecule has 0 radical (unpaired) electrons. The summed E-state index contributed by atoms with van der Waals surface area (Å²) in [6.45, 7) is 2.23. The second kappa shape index (κ2) is 5.64. The van der Waals surface area contributed by atoms with E-state index in [0.717, 1.165) is 11.6 Å². The second-order valence-corrected chi connectivity index (χ2v) is 5.71. The maximum Gasteiger partial charge on any atom is 0.196 e. The fraction of sp³-hybridized carbons (Fsp3) is 0.562. The molecule has 0 spiro atoms. The molecule has 19 heavy (non-hydrogen) atoms. The van der Waals surface area contributed by atoms with Crippen LogP contribution in [0, 0.1) is 0 Å². The van der Waals surface area contributed by atoms with E-state index in [9.17, 15) is 0 Å². The maximum absolute atomic E-state index is 4.70. The third-order valence-corrected chi connectivity index (χ3v) is 4.09. The van der Waals surface area contributed by atoms with E-state index in [1.807, 2.05) is 0 Å².